The number of carbonyl (C=O) groups is 1. The largest absolute Gasteiger partial charge is 0.462 e. The predicted octanol–water partition coefficient (Wildman–Crippen LogP) is 4.67. The van der Waals surface area contributed by atoms with Crippen molar-refractivity contribution in [3.63, 3.8) is 0 Å². The molecule has 2 aromatic heterocycles. The molecule has 1 atom stereocenters. The van der Waals surface area contributed by atoms with Crippen molar-refractivity contribution in [2.24, 2.45) is 0 Å². The van der Waals surface area contributed by atoms with Crippen LogP contribution in [0, 0.1) is 5.82 Å². The lowest BCUT2D eigenvalue weighted by molar-refractivity contribution is 0.0920. The van der Waals surface area contributed by atoms with Crippen molar-refractivity contribution in [2.75, 3.05) is 6.54 Å². The monoisotopic (exact) mass is 408 g/mol. The van der Waals surface area contributed by atoms with E-state index in [1.807, 2.05) is 30.3 Å². The molecule has 0 radical (unpaired) electrons. The van der Waals surface area contributed by atoms with Crippen LogP contribution in [0.15, 0.2) is 77.4 Å². The van der Waals surface area contributed by atoms with Crippen LogP contribution in [0.4, 0.5) is 4.39 Å². The van der Waals surface area contributed by atoms with Gasteiger partial charge in [0.2, 0.25) is 0 Å². The molecule has 4 rings (SSSR count). The molecule has 4 aromatic rings. The highest BCUT2D eigenvalue weighted by Gasteiger charge is 2.22. The first-order chi connectivity index (χ1) is 14.1. The van der Waals surface area contributed by atoms with Gasteiger partial charge in [0.25, 0.3) is 5.91 Å². The minimum Gasteiger partial charge on any atom is -0.462 e. The lowest BCUT2D eigenvalue weighted by Crippen LogP contribution is -2.28. The van der Waals surface area contributed by atoms with E-state index in [0.29, 0.717) is 26.9 Å². The van der Waals surface area contributed by atoms with Gasteiger partial charge in [-0.25, -0.2) is 9.37 Å². The Morgan fingerprint density at radius 2 is 1.97 bits per heavy atom. The van der Waals surface area contributed by atoms with Crippen LogP contribution in [0.1, 0.15) is 21.3 Å². The van der Waals surface area contributed by atoms with E-state index < -0.39 is 11.9 Å². The van der Waals surface area contributed by atoms with Crippen molar-refractivity contribution >= 4 is 17.2 Å². The number of nitrogens with zero attached hydrogens (tertiary/aromatic N) is 1. The Hall–Kier alpha value is -3.29. The van der Waals surface area contributed by atoms with E-state index in [4.69, 9.17) is 4.42 Å². The highest BCUT2D eigenvalue weighted by Crippen LogP contribution is 2.34. The van der Waals surface area contributed by atoms with Gasteiger partial charge in [-0.2, -0.15) is 0 Å². The number of amides is 1. The normalized spacial score (nSPS) is 11.9. The van der Waals surface area contributed by atoms with Crippen LogP contribution in [0.3, 0.4) is 0 Å². The van der Waals surface area contributed by atoms with Crippen molar-refractivity contribution in [1.82, 2.24) is 10.3 Å². The van der Waals surface area contributed by atoms with E-state index in [-0.39, 0.29) is 12.5 Å². The van der Waals surface area contributed by atoms with Crippen LogP contribution in [0.25, 0.3) is 22.0 Å². The van der Waals surface area contributed by atoms with Crippen LogP contribution < -0.4 is 5.32 Å². The van der Waals surface area contributed by atoms with Gasteiger partial charge in [-0.05, 0) is 29.8 Å². The van der Waals surface area contributed by atoms with E-state index in [0.717, 1.165) is 5.56 Å². The molecule has 2 N–H and O–H groups in total. The summed E-state index contributed by atoms with van der Waals surface area (Å²) < 4.78 is 18.8. The lowest BCUT2D eigenvalue weighted by atomic mass is 10.1. The van der Waals surface area contributed by atoms with Gasteiger partial charge in [-0.3, -0.25) is 4.79 Å². The molecule has 1 unspecified atom stereocenters. The Balaban J connectivity index is 1.58. The molecule has 7 heteroatoms. The molecule has 29 heavy (non-hydrogen) atoms. The molecule has 1 amide bonds. The lowest BCUT2D eigenvalue weighted by Gasteiger charge is -2.12. The molecule has 0 spiro atoms. The quantitative estimate of drug-likeness (QED) is 0.486. The standard InChI is InChI=1S/C22H17FN2O3S/c23-16-9-4-8-15(12-16)17(26)13-24-21(27)20-19(14-6-2-1-3-7-14)25-22(29-20)18-10-5-11-28-18/h1-12,17,26H,13H2,(H,24,27). The summed E-state index contributed by atoms with van der Waals surface area (Å²) in [4.78, 5) is 17.9. The van der Waals surface area contributed by atoms with E-state index >= 15 is 0 Å². The second kappa shape index (κ2) is 8.38. The predicted molar refractivity (Wildman–Crippen MR) is 109 cm³/mol. The van der Waals surface area contributed by atoms with E-state index in [9.17, 15) is 14.3 Å². The fourth-order valence-electron chi connectivity index (χ4n) is 2.87. The number of aliphatic hydroxyl groups is 1. The number of thiazole rings is 1. The van der Waals surface area contributed by atoms with E-state index in [1.165, 1.54) is 29.5 Å². The van der Waals surface area contributed by atoms with Gasteiger partial charge in [0, 0.05) is 12.1 Å². The Morgan fingerprint density at radius 3 is 2.69 bits per heavy atom. The van der Waals surface area contributed by atoms with Crippen LogP contribution in [-0.2, 0) is 0 Å². The third-order valence-corrected chi connectivity index (χ3v) is 5.37. The van der Waals surface area contributed by atoms with Gasteiger partial charge < -0.3 is 14.8 Å². The first kappa shape index (κ1) is 19.0. The minimum atomic E-state index is -1.02. The maximum atomic E-state index is 13.4. The summed E-state index contributed by atoms with van der Waals surface area (Å²) in [5.74, 6) is -0.231. The van der Waals surface area contributed by atoms with E-state index in [1.54, 1.807) is 24.5 Å². The summed E-state index contributed by atoms with van der Waals surface area (Å²) in [6.45, 7) is -0.0511. The average molecular weight is 408 g/mol. The maximum absolute atomic E-state index is 13.4. The SMILES string of the molecule is O=C(NCC(O)c1cccc(F)c1)c1sc(-c2ccco2)nc1-c1ccccc1. The summed E-state index contributed by atoms with van der Waals surface area (Å²) in [6, 6.07) is 18.6. The molecule has 0 aliphatic carbocycles. The second-order valence-corrected chi connectivity index (χ2v) is 7.32. The summed E-state index contributed by atoms with van der Waals surface area (Å²) in [6.07, 6.45) is 0.529. The van der Waals surface area contributed by atoms with Crippen molar-refractivity contribution in [1.29, 1.82) is 0 Å². The summed E-state index contributed by atoms with van der Waals surface area (Å²) in [5, 5.41) is 13.6. The molecular formula is C22H17FN2O3S. The minimum absolute atomic E-state index is 0.0511. The number of hydrogen-bond donors (Lipinski definition) is 2. The summed E-state index contributed by atoms with van der Waals surface area (Å²) in [5.41, 5.74) is 1.74. The average Bonchev–Trinajstić information content (AvgIpc) is 3.42. The number of benzene rings is 2. The smallest absolute Gasteiger partial charge is 0.263 e. The van der Waals surface area contributed by atoms with E-state index in [2.05, 4.69) is 10.3 Å². The van der Waals surface area contributed by atoms with Crippen molar-refractivity contribution in [3.05, 3.63) is 89.3 Å². The van der Waals surface area contributed by atoms with Crippen molar-refractivity contribution in [3.8, 4) is 22.0 Å². The number of carbonyl (C=O) groups excluding carboxylic acids is 1. The van der Waals surface area contributed by atoms with Gasteiger partial charge in [0.1, 0.15) is 10.7 Å². The molecule has 0 aliphatic heterocycles. The zero-order chi connectivity index (χ0) is 20.2. The number of furan rings is 1. The fourth-order valence-corrected chi connectivity index (χ4v) is 3.84. The zero-order valence-corrected chi connectivity index (χ0v) is 16.0. The molecule has 0 saturated carbocycles. The highest BCUT2D eigenvalue weighted by molar-refractivity contribution is 7.17. The molecule has 0 fully saturated rings. The maximum Gasteiger partial charge on any atom is 0.263 e. The number of hydrogen-bond acceptors (Lipinski definition) is 5. The number of halogens is 1. The first-order valence-corrected chi connectivity index (χ1v) is 9.75. The van der Waals surface area contributed by atoms with Crippen molar-refractivity contribution < 1.29 is 18.7 Å². The zero-order valence-electron chi connectivity index (χ0n) is 15.2. The Bertz CT molecular complexity index is 1110. The summed E-state index contributed by atoms with van der Waals surface area (Å²) >= 11 is 1.21. The first-order valence-electron chi connectivity index (χ1n) is 8.93. The van der Waals surface area contributed by atoms with Crippen LogP contribution in [0.2, 0.25) is 0 Å². The number of nitrogens with one attached hydrogen (secondary N) is 1. The molecule has 5 nitrogen and oxygen atoms in total. The topological polar surface area (TPSA) is 75.4 Å². The molecular weight excluding hydrogens is 391 g/mol. The van der Waals surface area contributed by atoms with Gasteiger partial charge in [0.05, 0.1) is 18.1 Å². The fraction of sp³-hybridized carbons (Fsp3) is 0.0909. The Kier molecular flexibility index (Phi) is 5.50. The second-order valence-electron chi connectivity index (χ2n) is 6.32. The molecule has 0 aliphatic rings. The number of rotatable bonds is 6. The van der Waals surface area contributed by atoms with Gasteiger partial charge in [0.15, 0.2) is 10.8 Å². The molecule has 2 heterocycles. The molecule has 0 saturated heterocycles. The van der Waals surface area contributed by atoms with Gasteiger partial charge >= 0.3 is 0 Å². The van der Waals surface area contributed by atoms with Crippen LogP contribution >= 0.6 is 11.3 Å². The third kappa shape index (κ3) is 4.26. The summed E-state index contributed by atoms with van der Waals surface area (Å²) in [7, 11) is 0. The Labute approximate surface area is 170 Å². The molecule has 146 valence electrons. The van der Waals surface area contributed by atoms with Crippen LogP contribution in [0.5, 0.6) is 0 Å². The number of aliphatic hydroxyl groups excluding tert-OH is 1. The van der Waals surface area contributed by atoms with Gasteiger partial charge in [-0.1, -0.05) is 42.5 Å². The third-order valence-electron chi connectivity index (χ3n) is 4.30. The highest BCUT2D eigenvalue weighted by atomic mass is 32.1. The van der Waals surface area contributed by atoms with Gasteiger partial charge in [-0.15, -0.1) is 11.3 Å². The molecule has 2 aromatic carbocycles. The molecule has 0 bridgehead atoms. The Morgan fingerprint density at radius 1 is 1.14 bits per heavy atom. The number of aromatic nitrogens is 1. The van der Waals surface area contributed by atoms with Crippen molar-refractivity contribution in [2.45, 2.75) is 6.10 Å². The van der Waals surface area contributed by atoms with Crippen LogP contribution in [-0.4, -0.2) is 22.5 Å².